The summed E-state index contributed by atoms with van der Waals surface area (Å²) in [6.45, 7) is 0. The van der Waals surface area contributed by atoms with E-state index in [2.05, 4.69) is 34.0 Å². The maximum atomic E-state index is 12.1. The van der Waals surface area contributed by atoms with Crippen LogP contribution in [0.1, 0.15) is 15.9 Å². The molecule has 0 radical (unpaired) electrons. The molecule has 2 rings (SSSR count). The van der Waals surface area contributed by atoms with Gasteiger partial charge in [-0.05, 0) is 46.9 Å². The molecule has 3 nitrogen and oxygen atoms in total. The second-order valence-electron chi connectivity index (χ2n) is 3.59. The minimum atomic E-state index is -0.206. The van der Waals surface area contributed by atoms with Gasteiger partial charge in [0, 0.05) is 3.57 Å². The van der Waals surface area contributed by atoms with Gasteiger partial charge in [-0.3, -0.25) is 4.79 Å². The van der Waals surface area contributed by atoms with E-state index in [1.54, 1.807) is 30.3 Å². The van der Waals surface area contributed by atoms with Crippen LogP contribution in [-0.2, 0) is 0 Å². The summed E-state index contributed by atoms with van der Waals surface area (Å²) in [5, 5.41) is 11.7. The highest BCUT2D eigenvalue weighted by Crippen LogP contribution is 2.17. The van der Waals surface area contributed by atoms with Gasteiger partial charge < -0.3 is 5.32 Å². The van der Waals surface area contributed by atoms with Crippen molar-refractivity contribution in [2.24, 2.45) is 0 Å². The molecule has 0 saturated heterocycles. The summed E-state index contributed by atoms with van der Waals surface area (Å²) in [7, 11) is 0. The van der Waals surface area contributed by atoms with Crippen molar-refractivity contribution < 1.29 is 4.79 Å². The molecular formula is C14H9IN2O. The summed E-state index contributed by atoms with van der Waals surface area (Å²) >= 11 is 2.11. The molecule has 4 heteroatoms. The normalized spacial score (nSPS) is 9.56. The maximum absolute atomic E-state index is 12.1. The first-order chi connectivity index (χ1) is 8.72. The predicted octanol–water partition coefficient (Wildman–Crippen LogP) is 3.42. The van der Waals surface area contributed by atoms with E-state index < -0.39 is 0 Å². The predicted molar refractivity (Wildman–Crippen MR) is 78.3 cm³/mol. The Hall–Kier alpha value is -1.87. The molecule has 2 aromatic carbocycles. The monoisotopic (exact) mass is 348 g/mol. The molecule has 0 aliphatic carbocycles. The van der Waals surface area contributed by atoms with Crippen molar-refractivity contribution in [3.05, 3.63) is 63.2 Å². The van der Waals surface area contributed by atoms with Crippen molar-refractivity contribution in [3.8, 4) is 6.07 Å². The Kier molecular flexibility index (Phi) is 3.95. The largest absolute Gasteiger partial charge is 0.321 e. The van der Waals surface area contributed by atoms with E-state index in [9.17, 15) is 4.79 Å². The third kappa shape index (κ3) is 2.68. The number of halogens is 1. The van der Waals surface area contributed by atoms with E-state index in [0.717, 1.165) is 3.57 Å². The second kappa shape index (κ2) is 5.65. The average Bonchev–Trinajstić information content (AvgIpc) is 2.39. The van der Waals surface area contributed by atoms with E-state index in [1.807, 2.05) is 18.2 Å². The summed E-state index contributed by atoms with van der Waals surface area (Å²) in [4.78, 5) is 12.1. The Balaban J connectivity index is 2.28. The summed E-state index contributed by atoms with van der Waals surface area (Å²) in [6, 6.07) is 16.3. The van der Waals surface area contributed by atoms with Crippen LogP contribution in [0.25, 0.3) is 0 Å². The molecule has 0 fully saturated rings. The van der Waals surface area contributed by atoms with E-state index in [0.29, 0.717) is 16.8 Å². The molecule has 0 bridgehead atoms. The van der Waals surface area contributed by atoms with Crippen molar-refractivity contribution in [1.29, 1.82) is 5.26 Å². The molecule has 0 unspecified atom stereocenters. The second-order valence-corrected chi connectivity index (χ2v) is 4.75. The molecule has 0 atom stereocenters. The number of nitrogens with zero attached hydrogens (tertiary/aromatic N) is 1. The number of nitrogens with one attached hydrogen (secondary N) is 1. The Morgan fingerprint density at radius 1 is 1.11 bits per heavy atom. The standard InChI is InChI=1S/C14H9IN2O/c15-12-7-3-2-6-11(12)14(18)17-13-8-4-1-5-10(13)9-16/h1-8H,(H,17,18). The average molecular weight is 348 g/mol. The van der Waals surface area contributed by atoms with Crippen LogP contribution in [0.3, 0.4) is 0 Å². The highest BCUT2D eigenvalue weighted by Gasteiger charge is 2.10. The van der Waals surface area contributed by atoms with Gasteiger partial charge in [0.1, 0.15) is 6.07 Å². The Morgan fingerprint density at radius 3 is 2.50 bits per heavy atom. The molecule has 1 amide bonds. The third-order valence-corrected chi connectivity index (χ3v) is 3.35. The van der Waals surface area contributed by atoms with Crippen molar-refractivity contribution in [1.82, 2.24) is 0 Å². The smallest absolute Gasteiger partial charge is 0.256 e. The summed E-state index contributed by atoms with van der Waals surface area (Å²) < 4.78 is 0.877. The Labute approximate surface area is 119 Å². The highest BCUT2D eigenvalue weighted by molar-refractivity contribution is 14.1. The van der Waals surface area contributed by atoms with Crippen molar-refractivity contribution in [3.63, 3.8) is 0 Å². The van der Waals surface area contributed by atoms with Gasteiger partial charge in [0.05, 0.1) is 16.8 Å². The van der Waals surface area contributed by atoms with Crippen LogP contribution in [0.4, 0.5) is 5.69 Å². The van der Waals surface area contributed by atoms with Crippen LogP contribution in [-0.4, -0.2) is 5.91 Å². The molecule has 2 aromatic rings. The van der Waals surface area contributed by atoms with Crippen LogP contribution in [0.2, 0.25) is 0 Å². The summed E-state index contributed by atoms with van der Waals surface area (Å²) in [5.74, 6) is -0.206. The molecule has 0 aliphatic rings. The van der Waals surface area contributed by atoms with Crippen molar-refractivity contribution >= 4 is 34.2 Å². The van der Waals surface area contributed by atoms with Gasteiger partial charge in [-0.25, -0.2) is 0 Å². The lowest BCUT2D eigenvalue weighted by molar-refractivity contribution is 0.102. The van der Waals surface area contributed by atoms with E-state index >= 15 is 0 Å². The molecule has 1 N–H and O–H groups in total. The maximum Gasteiger partial charge on any atom is 0.256 e. The topological polar surface area (TPSA) is 52.9 Å². The van der Waals surface area contributed by atoms with E-state index in [1.165, 1.54) is 0 Å². The fourth-order valence-electron chi connectivity index (χ4n) is 1.52. The van der Waals surface area contributed by atoms with Crippen LogP contribution < -0.4 is 5.32 Å². The molecular weight excluding hydrogens is 339 g/mol. The number of carbonyl (C=O) groups excluding carboxylic acids is 1. The number of amides is 1. The first-order valence-corrected chi connectivity index (χ1v) is 6.35. The molecule has 0 heterocycles. The number of anilines is 1. The van der Waals surface area contributed by atoms with Gasteiger partial charge in [0.15, 0.2) is 0 Å². The van der Waals surface area contributed by atoms with Gasteiger partial charge in [-0.1, -0.05) is 24.3 Å². The molecule has 18 heavy (non-hydrogen) atoms. The molecule has 0 aliphatic heterocycles. The number of para-hydroxylation sites is 1. The third-order valence-electron chi connectivity index (χ3n) is 2.41. The van der Waals surface area contributed by atoms with Crippen LogP contribution >= 0.6 is 22.6 Å². The summed E-state index contributed by atoms with van der Waals surface area (Å²) in [6.07, 6.45) is 0. The molecule has 0 spiro atoms. The van der Waals surface area contributed by atoms with Gasteiger partial charge in [0.2, 0.25) is 0 Å². The quantitative estimate of drug-likeness (QED) is 0.846. The minimum absolute atomic E-state index is 0.206. The van der Waals surface area contributed by atoms with Gasteiger partial charge in [0.25, 0.3) is 5.91 Å². The number of hydrogen-bond acceptors (Lipinski definition) is 2. The first kappa shape index (κ1) is 12.6. The SMILES string of the molecule is N#Cc1ccccc1NC(=O)c1ccccc1I. The zero-order chi connectivity index (χ0) is 13.0. The Morgan fingerprint density at radius 2 is 1.78 bits per heavy atom. The summed E-state index contributed by atoms with van der Waals surface area (Å²) in [5.41, 5.74) is 1.59. The lowest BCUT2D eigenvalue weighted by Gasteiger charge is -2.07. The zero-order valence-corrected chi connectivity index (χ0v) is 11.5. The first-order valence-electron chi connectivity index (χ1n) is 5.27. The van der Waals surface area contributed by atoms with Crippen LogP contribution in [0, 0.1) is 14.9 Å². The minimum Gasteiger partial charge on any atom is -0.321 e. The van der Waals surface area contributed by atoms with Crippen LogP contribution in [0.15, 0.2) is 48.5 Å². The van der Waals surface area contributed by atoms with Crippen LogP contribution in [0.5, 0.6) is 0 Å². The van der Waals surface area contributed by atoms with E-state index in [4.69, 9.17) is 5.26 Å². The molecule has 88 valence electrons. The fourth-order valence-corrected chi connectivity index (χ4v) is 2.16. The van der Waals surface area contributed by atoms with Crippen molar-refractivity contribution in [2.75, 3.05) is 5.32 Å². The van der Waals surface area contributed by atoms with E-state index in [-0.39, 0.29) is 5.91 Å². The fraction of sp³-hybridized carbons (Fsp3) is 0. The van der Waals surface area contributed by atoms with Crippen molar-refractivity contribution in [2.45, 2.75) is 0 Å². The van der Waals surface area contributed by atoms with Gasteiger partial charge >= 0.3 is 0 Å². The lowest BCUT2D eigenvalue weighted by atomic mass is 10.1. The number of rotatable bonds is 2. The number of hydrogen-bond donors (Lipinski definition) is 1. The van der Waals surface area contributed by atoms with Gasteiger partial charge in [-0.15, -0.1) is 0 Å². The molecule has 0 aromatic heterocycles. The zero-order valence-electron chi connectivity index (χ0n) is 9.35. The highest BCUT2D eigenvalue weighted by atomic mass is 127. The Bertz CT molecular complexity index is 632. The molecule has 0 saturated carbocycles. The number of benzene rings is 2. The van der Waals surface area contributed by atoms with Gasteiger partial charge in [-0.2, -0.15) is 5.26 Å². The number of carbonyl (C=O) groups is 1. The lowest BCUT2D eigenvalue weighted by Crippen LogP contribution is -2.14. The number of nitriles is 1.